The SMILES string of the molecule is CC(C)(C)Nc1ccc(-c2ccc(F)cc2)cc1. The molecule has 1 N–H and O–H groups in total. The maximum atomic E-state index is 12.8. The fourth-order valence-electron chi connectivity index (χ4n) is 1.82. The predicted molar refractivity (Wildman–Crippen MR) is 75.2 cm³/mol. The quantitative estimate of drug-likeness (QED) is 0.806. The van der Waals surface area contributed by atoms with Gasteiger partial charge in [0.1, 0.15) is 5.82 Å². The lowest BCUT2D eigenvalue weighted by Crippen LogP contribution is -2.25. The molecular formula is C16H18FN. The van der Waals surface area contributed by atoms with Crippen LogP contribution in [0.15, 0.2) is 48.5 Å². The second-order valence-corrected chi connectivity index (χ2v) is 5.46. The summed E-state index contributed by atoms with van der Waals surface area (Å²) in [5.74, 6) is -0.204. The van der Waals surface area contributed by atoms with Crippen molar-refractivity contribution in [1.82, 2.24) is 0 Å². The molecule has 0 amide bonds. The van der Waals surface area contributed by atoms with Gasteiger partial charge in [-0.3, -0.25) is 0 Å². The lowest BCUT2D eigenvalue weighted by atomic mass is 10.0. The number of hydrogen-bond donors (Lipinski definition) is 1. The van der Waals surface area contributed by atoms with Crippen molar-refractivity contribution in [2.24, 2.45) is 0 Å². The van der Waals surface area contributed by atoms with Gasteiger partial charge in [0.2, 0.25) is 0 Å². The molecule has 0 radical (unpaired) electrons. The zero-order valence-corrected chi connectivity index (χ0v) is 11.0. The number of rotatable bonds is 2. The van der Waals surface area contributed by atoms with Crippen molar-refractivity contribution in [3.63, 3.8) is 0 Å². The summed E-state index contributed by atoms with van der Waals surface area (Å²) in [6.45, 7) is 6.38. The molecule has 0 heterocycles. The molecule has 0 aliphatic heterocycles. The maximum Gasteiger partial charge on any atom is 0.123 e. The number of nitrogens with one attached hydrogen (secondary N) is 1. The van der Waals surface area contributed by atoms with Gasteiger partial charge in [-0.25, -0.2) is 4.39 Å². The van der Waals surface area contributed by atoms with Gasteiger partial charge in [-0.1, -0.05) is 24.3 Å². The first-order valence-electron chi connectivity index (χ1n) is 6.08. The maximum absolute atomic E-state index is 12.8. The Morgan fingerprint density at radius 1 is 0.778 bits per heavy atom. The van der Waals surface area contributed by atoms with E-state index in [0.29, 0.717) is 0 Å². The van der Waals surface area contributed by atoms with Crippen LogP contribution in [-0.2, 0) is 0 Å². The highest BCUT2D eigenvalue weighted by Gasteiger charge is 2.08. The smallest absolute Gasteiger partial charge is 0.123 e. The number of anilines is 1. The first-order chi connectivity index (χ1) is 8.44. The van der Waals surface area contributed by atoms with Gasteiger partial charge in [0.15, 0.2) is 0 Å². The molecule has 2 rings (SSSR count). The largest absolute Gasteiger partial charge is 0.380 e. The topological polar surface area (TPSA) is 12.0 Å². The number of halogens is 1. The Kier molecular flexibility index (Phi) is 3.37. The van der Waals surface area contributed by atoms with E-state index in [1.54, 1.807) is 12.1 Å². The molecule has 0 bridgehead atoms. The number of benzene rings is 2. The van der Waals surface area contributed by atoms with Crippen LogP contribution in [0.3, 0.4) is 0 Å². The molecule has 0 atom stereocenters. The minimum absolute atomic E-state index is 0.0530. The Bertz CT molecular complexity index is 506. The third-order valence-corrected chi connectivity index (χ3v) is 2.58. The summed E-state index contributed by atoms with van der Waals surface area (Å²) in [7, 11) is 0. The molecule has 0 saturated heterocycles. The third kappa shape index (κ3) is 3.33. The van der Waals surface area contributed by atoms with E-state index in [0.717, 1.165) is 16.8 Å². The highest BCUT2D eigenvalue weighted by molar-refractivity contribution is 5.66. The standard InChI is InChI=1S/C16H18FN/c1-16(2,3)18-15-10-6-13(7-11-15)12-4-8-14(17)9-5-12/h4-11,18H,1-3H3. The lowest BCUT2D eigenvalue weighted by Gasteiger charge is -2.22. The Morgan fingerprint density at radius 2 is 1.22 bits per heavy atom. The summed E-state index contributed by atoms with van der Waals surface area (Å²) in [6.07, 6.45) is 0. The van der Waals surface area contributed by atoms with Crippen molar-refractivity contribution in [2.45, 2.75) is 26.3 Å². The van der Waals surface area contributed by atoms with Crippen molar-refractivity contribution >= 4 is 5.69 Å². The van der Waals surface area contributed by atoms with Crippen LogP contribution in [0, 0.1) is 5.82 Å². The van der Waals surface area contributed by atoms with Gasteiger partial charge in [0, 0.05) is 11.2 Å². The molecule has 0 aliphatic rings. The van der Waals surface area contributed by atoms with E-state index in [2.05, 4.69) is 26.1 Å². The van der Waals surface area contributed by atoms with Crippen LogP contribution in [0.1, 0.15) is 20.8 Å². The molecule has 0 aromatic heterocycles. The van der Waals surface area contributed by atoms with E-state index in [1.165, 1.54) is 12.1 Å². The molecule has 2 aromatic rings. The second kappa shape index (κ2) is 4.81. The van der Waals surface area contributed by atoms with Crippen molar-refractivity contribution in [2.75, 3.05) is 5.32 Å². The molecule has 0 fully saturated rings. The first kappa shape index (κ1) is 12.6. The van der Waals surface area contributed by atoms with Crippen LogP contribution in [0.4, 0.5) is 10.1 Å². The minimum Gasteiger partial charge on any atom is -0.380 e. The van der Waals surface area contributed by atoms with Crippen LogP contribution in [-0.4, -0.2) is 5.54 Å². The van der Waals surface area contributed by atoms with Gasteiger partial charge in [0.05, 0.1) is 0 Å². The third-order valence-electron chi connectivity index (χ3n) is 2.58. The van der Waals surface area contributed by atoms with Gasteiger partial charge in [-0.15, -0.1) is 0 Å². The summed E-state index contributed by atoms with van der Waals surface area (Å²) in [5.41, 5.74) is 3.26. The molecule has 2 heteroatoms. The van der Waals surface area contributed by atoms with Gasteiger partial charge in [0.25, 0.3) is 0 Å². The van der Waals surface area contributed by atoms with Crippen LogP contribution in [0.25, 0.3) is 11.1 Å². The predicted octanol–water partition coefficient (Wildman–Crippen LogP) is 4.70. The average Bonchev–Trinajstić information content (AvgIpc) is 2.29. The van der Waals surface area contributed by atoms with Crippen molar-refractivity contribution in [1.29, 1.82) is 0 Å². The summed E-state index contributed by atoms with van der Waals surface area (Å²) < 4.78 is 12.8. The van der Waals surface area contributed by atoms with E-state index in [-0.39, 0.29) is 11.4 Å². The van der Waals surface area contributed by atoms with Gasteiger partial charge in [-0.05, 0) is 56.2 Å². The van der Waals surface area contributed by atoms with E-state index >= 15 is 0 Å². The van der Waals surface area contributed by atoms with Crippen molar-refractivity contribution in [3.8, 4) is 11.1 Å². The van der Waals surface area contributed by atoms with Gasteiger partial charge in [-0.2, -0.15) is 0 Å². The summed E-state index contributed by atoms with van der Waals surface area (Å²) in [4.78, 5) is 0. The van der Waals surface area contributed by atoms with Crippen molar-refractivity contribution in [3.05, 3.63) is 54.3 Å². The van der Waals surface area contributed by atoms with E-state index in [4.69, 9.17) is 0 Å². The summed E-state index contributed by atoms with van der Waals surface area (Å²) in [6, 6.07) is 14.7. The Morgan fingerprint density at radius 3 is 1.67 bits per heavy atom. The van der Waals surface area contributed by atoms with E-state index in [9.17, 15) is 4.39 Å². The van der Waals surface area contributed by atoms with Crippen LogP contribution in [0.5, 0.6) is 0 Å². The molecule has 0 unspecified atom stereocenters. The molecule has 94 valence electrons. The van der Waals surface area contributed by atoms with Gasteiger partial charge >= 0.3 is 0 Å². The van der Waals surface area contributed by atoms with Crippen LogP contribution < -0.4 is 5.32 Å². The normalized spacial score (nSPS) is 11.3. The summed E-state index contributed by atoms with van der Waals surface area (Å²) in [5, 5.41) is 3.41. The highest BCUT2D eigenvalue weighted by Crippen LogP contribution is 2.23. The Hall–Kier alpha value is -1.83. The van der Waals surface area contributed by atoms with Crippen molar-refractivity contribution < 1.29 is 4.39 Å². The molecule has 0 spiro atoms. The van der Waals surface area contributed by atoms with E-state index < -0.39 is 0 Å². The lowest BCUT2D eigenvalue weighted by molar-refractivity contribution is 0.628. The first-order valence-corrected chi connectivity index (χ1v) is 6.08. The zero-order valence-electron chi connectivity index (χ0n) is 11.0. The highest BCUT2D eigenvalue weighted by atomic mass is 19.1. The molecule has 18 heavy (non-hydrogen) atoms. The van der Waals surface area contributed by atoms with Crippen LogP contribution in [0.2, 0.25) is 0 Å². The molecule has 2 aromatic carbocycles. The minimum atomic E-state index is -0.204. The van der Waals surface area contributed by atoms with Crippen LogP contribution >= 0.6 is 0 Å². The second-order valence-electron chi connectivity index (χ2n) is 5.46. The molecule has 0 saturated carbocycles. The van der Waals surface area contributed by atoms with Gasteiger partial charge < -0.3 is 5.32 Å². The molecule has 1 nitrogen and oxygen atoms in total. The molecular weight excluding hydrogens is 225 g/mol. The number of hydrogen-bond acceptors (Lipinski definition) is 1. The van der Waals surface area contributed by atoms with E-state index in [1.807, 2.05) is 24.3 Å². The average molecular weight is 243 g/mol. The fourth-order valence-corrected chi connectivity index (χ4v) is 1.82. The Balaban J connectivity index is 2.20. The Labute approximate surface area is 108 Å². The zero-order chi connectivity index (χ0) is 13.2. The monoisotopic (exact) mass is 243 g/mol. The summed E-state index contributed by atoms with van der Waals surface area (Å²) >= 11 is 0. The molecule has 0 aliphatic carbocycles. The fraction of sp³-hybridized carbons (Fsp3) is 0.250.